The Morgan fingerprint density at radius 1 is 1.59 bits per heavy atom. The van der Waals surface area contributed by atoms with Crippen LogP contribution >= 0.6 is 11.3 Å². The van der Waals surface area contributed by atoms with Crippen molar-refractivity contribution in [3.63, 3.8) is 0 Å². The summed E-state index contributed by atoms with van der Waals surface area (Å²) in [5, 5.41) is 18.2. The Kier molecular flexibility index (Phi) is 3.66. The van der Waals surface area contributed by atoms with E-state index in [1.807, 2.05) is 16.9 Å². The highest BCUT2D eigenvalue weighted by atomic mass is 32.1. The molecule has 2 aromatic heterocycles. The van der Waals surface area contributed by atoms with Gasteiger partial charge in [0.2, 0.25) is 0 Å². The van der Waals surface area contributed by atoms with E-state index in [1.165, 1.54) is 6.20 Å². The van der Waals surface area contributed by atoms with E-state index in [1.54, 1.807) is 6.20 Å². The van der Waals surface area contributed by atoms with Crippen LogP contribution in [0, 0.1) is 10.1 Å². The molecule has 0 aliphatic carbocycles. The minimum absolute atomic E-state index is 0.0552. The highest BCUT2D eigenvalue weighted by Crippen LogP contribution is 2.24. The molecule has 2 aromatic rings. The summed E-state index contributed by atoms with van der Waals surface area (Å²) in [4.78, 5) is 13.9. The number of nitrogens with zero attached hydrogens (tertiary/aromatic N) is 4. The first kappa shape index (κ1) is 11.5. The number of aromatic nitrogens is 3. The molecular formula is C9H11N5O2S. The van der Waals surface area contributed by atoms with Gasteiger partial charge in [0.25, 0.3) is 0 Å². The standard InChI is InChI=1S/C9H11N5O2S/c15-14(16)8-7-11-9(17-8)10-3-1-5-13-6-2-4-12-13/h2,4,6-7H,1,3,5H2,(H,10,11). The third-order valence-corrected chi connectivity index (χ3v) is 2.98. The van der Waals surface area contributed by atoms with Crippen molar-refractivity contribution in [2.45, 2.75) is 13.0 Å². The molecule has 0 fully saturated rings. The molecule has 0 unspecified atom stereocenters. The van der Waals surface area contributed by atoms with Crippen LogP contribution in [0.5, 0.6) is 0 Å². The van der Waals surface area contributed by atoms with Crippen LogP contribution in [-0.2, 0) is 6.54 Å². The van der Waals surface area contributed by atoms with Crippen molar-refractivity contribution in [3.8, 4) is 0 Å². The lowest BCUT2D eigenvalue weighted by atomic mass is 10.4. The Bertz CT molecular complexity index is 481. The Morgan fingerprint density at radius 3 is 3.12 bits per heavy atom. The van der Waals surface area contributed by atoms with E-state index in [0.717, 1.165) is 24.3 Å². The van der Waals surface area contributed by atoms with Gasteiger partial charge in [-0.05, 0) is 23.8 Å². The summed E-state index contributed by atoms with van der Waals surface area (Å²) in [5.74, 6) is 0. The molecule has 1 N–H and O–H groups in total. The Hall–Kier alpha value is -1.96. The summed E-state index contributed by atoms with van der Waals surface area (Å²) in [6, 6.07) is 1.87. The molecule has 0 spiro atoms. The SMILES string of the molecule is O=[N+]([O-])c1cnc(NCCCn2cccn2)s1. The molecule has 0 bridgehead atoms. The third-order valence-electron chi connectivity index (χ3n) is 2.07. The molecule has 0 atom stereocenters. The van der Waals surface area contributed by atoms with Gasteiger partial charge in [-0.25, -0.2) is 4.98 Å². The van der Waals surface area contributed by atoms with E-state index in [9.17, 15) is 10.1 Å². The molecule has 0 radical (unpaired) electrons. The lowest BCUT2D eigenvalue weighted by Crippen LogP contribution is -2.06. The second-order valence-electron chi connectivity index (χ2n) is 3.31. The number of hydrogen-bond donors (Lipinski definition) is 1. The third kappa shape index (κ3) is 3.25. The van der Waals surface area contributed by atoms with Crippen LogP contribution < -0.4 is 5.32 Å². The van der Waals surface area contributed by atoms with Crippen LogP contribution in [0.25, 0.3) is 0 Å². The zero-order valence-electron chi connectivity index (χ0n) is 8.94. The van der Waals surface area contributed by atoms with E-state index >= 15 is 0 Å². The van der Waals surface area contributed by atoms with Gasteiger partial charge in [-0.15, -0.1) is 0 Å². The first-order valence-electron chi connectivity index (χ1n) is 5.07. The molecule has 0 saturated carbocycles. The Labute approximate surface area is 101 Å². The average molecular weight is 253 g/mol. The van der Waals surface area contributed by atoms with Gasteiger partial charge in [0, 0.05) is 25.5 Å². The lowest BCUT2D eigenvalue weighted by molar-refractivity contribution is -0.380. The van der Waals surface area contributed by atoms with Crippen molar-refractivity contribution >= 4 is 21.5 Å². The first-order valence-corrected chi connectivity index (χ1v) is 5.89. The molecule has 0 aliphatic rings. The van der Waals surface area contributed by atoms with Gasteiger partial charge in [0.15, 0.2) is 5.13 Å². The fourth-order valence-electron chi connectivity index (χ4n) is 1.30. The van der Waals surface area contributed by atoms with Gasteiger partial charge in [0.1, 0.15) is 6.20 Å². The first-order chi connectivity index (χ1) is 8.25. The molecular weight excluding hydrogens is 242 g/mol. The summed E-state index contributed by atoms with van der Waals surface area (Å²) in [5.41, 5.74) is 0. The average Bonchev–Trinajstić information content (AvgIpc) is 2.96. The van der Waals surface area contributed by atoms with Crippen molar-refractivity contribution in [1.82, 2.24) is 14.8 Å². The van der Waals surface area contributed by atoms with Gasteiger partial charge in [-0.2, -0.15) is 5.10 Å². The summed E-state index contributed by atoms with van der Waals surface area (Å²) < 4.78 is 1.84. The predicted octanol–water partition coefficient (Wildman–Crippen LogP) is 1.75. The quantitative estimate of drug-likeness (QED) is 0.481. The highest BCUT2D eigenvalue weighted by Gasteiger charge is 2.10. The molecule has 90 valence electrons. The van der Waals surface area contributed by atoms with Crippen LogP contribution in [-0.4, -0.2) is 26.2 Å². The summed E-state index contributed by atoms with van der Waals surface area (Å²) in [6.07, 6.45) is 5.78. The van der Waals surface area contributed by atoms with Crippen molar-refractivity contribution in [2.75, 3.05) is 11.9 Å². The minimum atomic E-state index is -0.438. The zero-order valence-corrected chi connectivity index (χ0v) is 9.76. The van der Waals surface area contributed by atoms with Crippen LogP contribution in [0.4, 0.5) is 10.1 Å². The number of aryl methyl sites for hydroxylation is 1. The molecule has 0 amide bonds. The molecule has 0 saturated heterocycles. The Balaban J connectivity index is 1.72. The van der Waals surface area contributed by atoms with Crippen LogP contribution in [0.1, 0.15) is 6.42 Å². The van der Waals surface area contributed by atoms with E-state index < -0.39 is 4.92 Å². The maximum Gasteiger partial charge on any atom is 0.345 e. The maximum absolute atomic E-state index is 10.4. The van der Waals surface area contributed by atoms with Crippen LogP contribution in [0.3, 0.4) is 0 Å². The van der Waals surface area contributed by atoms with Gasteiger partial charge >= 0.3 is 5.00 Å². The summed E-state index contributed by atoms with van der Waals surface area (Å²) in [7, 11) is 0. The number of hydrogen-bond acceptors (Lipinski definition) is 6. The molecule has 0 aliphatic heterocycles. The van der Waals surface area contributed by atoms with E-state index in [-0.39, 0.29) is 5.00 Å². The second-order valence-corrected chi connectivity index (χ2v) is 4.32. The molecule has 8 heteroatoms. The minimum Gasteiger partial charge on any atom is -0.361 e. The number of nitrogens with one attached hydrogen (secondary N) is 1. The smallest absolute Gasteiger partial charge is 0.345 e. The van der Waals surface area contributed by atoms with Crippen LogP contribution in [0.15, 0.2) is 24.7 Å². The number of anilines is 1. The predicted molar refractivity (Wildman–Crippen MR) is 64.1 cm³/mol. The molecule has 2 heterocycles. The number of nitro groups is 1. The van der Waals surface area contributed by atoms with Crippen molar-refractivity contribution in [2.24, 2.45) is 0 Å². The molecule has 2 rings (SSSR count). The van der Waals surface area contributed by atoms with Crippen molar-refractivity contribution in [1.29, 1.82) is 0 Å². The Morgan fingerprint density at radius 2 is 2.47 bits per heavy atom. The fourth-order valence-corrected chi connectivity index (χ4v) is 1.96. The zero-order chi connectivity index (χ0) is 12.1. The second kappa shape index (κ2) is 5.39. The van der Waals surface area contributed by atoms with Crippen LogP contribution in [0.2, 0.25) is 0 Å². The number of rotatable bonds is 6. The van der Waals surface area contributed by atoms with Gasteiger partial charge in [-0.3, -0.25) is 14.8 Å². The summed E-state index contributed by atoms with van der Waals surface area (Å²) in [6.45, 7) is 1.53. The summed E-state index contributed by atoms with van der Waals surface area (Å²) >= 11 is 1.05. The molecule has 17 heavy (non-hydrogen) atoms. The largest absolute Gasteiger partial charge is 0.361 e. The van der Waals surface area contributed by atoms with Gasteiger partial charge < -0.3 is 5.32 Å². The van der Waals surface area contributed by atoms with E-state index in [4.69, 9.17) is 0 Å². The van der Waals surface area contributed by atoms with Gasteiger partial charge in [0.05, 0.1) is 4.92 Å². The maximum atomic E-state index is 10.4. The van der Waals surface area contributed by atoms with Crippen molar-refractivity contribution in [3.05, 3.63) is 34.8 Å². The van der Waals surface area contributed by atoms with Gasteiger partial charge in [-0.1, -0.05) is 0 Å². The van der Waals surface area contributed by atoms with E-state index in [0.29, 0.717) is 11.7 Å². The molecule has 7 nitrogen and oxygen atoms in total. The lowest BCUT2D eigenvalue weighted by Gasteiger charge is -2.02. The van der Waals surface area contributed by atoms with E-state index in [2.05, 4.69) is 15.4 Å². The monoisotopic (exact) mass is 253 g/mol. The topological polar surface area (TPSA) is 85.9 Å². The molecule has 0 aromatic carbocycles. The fraction of sp³-hybridized carbons (Fsp3) is 0.333. The highest BCUT2D eigenvalue weighted by molar-refractivity contribution is 7.18. The number of thiazole rings is 1. The van der Waals surface area contributed by atoms with Crippen molar-refractivity contribution < 1.29 is 4.92 Å². The normalized spacial score (nSPS) is 10.4.